The number of rotatable bonds is 5. The van der Waals surface area contributed by atoms with E-state index in [1.807, 2.05) is 19.9 Å². The van der Waals surface area contributed by atoms with Gasteiger partial charge < -0.3 is 19.8 Å². The van der Waals surface area contributed by atoms with Crippen LogP contribution in [0.2, 0.25) is 0 Å². The van der Waals surface area contributed by atoms with Crippen molar-refractivity contribution < 1.29 is 19.8 Å². The molecule has 4 heteroatoms. The largest absolute Gasteiger partial charge is 0.550 e. The van der Waals surface area contributed by atoms with Gasteiger partial charge in [0.1, 0.15) is 0 Å². The van der Waals surface area contributed by atoms with E-state index in [0.717, 1.165) is 18.4 Å². The Balaban J connectivity index is 2.66. The van der Waals surface area contributed by atoms with Gasteiger partial charge in [0.25, 0.3) is 0 Å². The maximum atomic E-state index is 11.0. The Hall–Kier alpha value is -1.58. The molecule has 0 unspecified atom stereocenters. The van der Waals surface area contributed by atoms with Crippen LogP contribution >= 0.6 is 0 Å². The van der Waals surface area contributed by atoms with Crippen LogP contribution in [0.5, 0.6) is 0 Å². The Bertz CT molecular complexity index is 389. The molecule has 0 spiro atoms. The minimum absolute atomic E-state index is 0.227. The predicted octanol–water partition coefficient (Wildman–Crippen LogP) is 0.185. The fourth-order valence-electron chi connectivity index (χ4n) is 2.22. The van der Waals surface area contributed by atoms with Crippen molar-refractivity contribution in [3.63, 3.8) is 0 Å². The number of aliphatic carboxylic acids is 2. The van der Waals surface area contributed by atoms with E-state index < -0.39 is 23.8 Å². The van der Waals surface area contributed by atoms with E-state index in [4.69, 9.17) is 0 Å². The summed E-state index contributed by atoms with van der Waals surface area (Å²) in [5.41, 5.74) is 2.22. The molecule has 0 aromatic rings. The van der Waals surface area contributed by atoms with Gasteiger partial charge in [-0.2, -0.15) is 0 Å². The summed E-state index contributed by atoms with van der Waals surface area (Å²) < 4.78 is 0. The standard InChI is InChI=1S/C14H20O4/c1-9(2)4-3-5-10-6-7-11(13(15)16)12(8-10)14(17)18/h4,6,11-12H,3,5,7-8H2,1-2H3,(H,15,16)(H,17,18)/p-2/t11-,12-/m1/s1. The van der Waals surface area contributed by atoms with Gasteiger partial charge in [-0.3, -0.25) is 0 Å². The fraction of sp³-hybridized carbons (Fsp3) is 0.571. The average Bonchev–Trinajstić information content (AvgIpc) is 2.28. The van der Waals surface area contributed by atoms with Crippen LogP contribution in [0.25, 0.3) is 0 Å². The summed E-state index contributed by atoms with van der Waals surface area (Å²) in [7, 11) is 0. The number of carbonyl (C=O) groups excluding carboxylic acids is 2. The second kappa shape index (κ2) is 6.38. The van der Waals surface area contributed by atoms with Gasteiger partial charge in [0.2, 0.25) is 0 Å². The second-order valence-corrected chi connectivity index (χ2v) is 4.97. The monoisotopic (exact) mass is 250 g/mol. The number of hydrogen-bond acceptors (Lipinski definition) is 4. The summed E-state index contributed by atoms with van der Waals surface area (Å²) in [6.45, 7) is 4.01. The topological polar surface area (TPSA) is 80.3 Å². The molecule has 0 heterocycles. The number of hydrogen-bond donors (Lipinski definition) is 0. The lowest BCUT2D eigenvalue weighted by Gasteiger charge is -2.32. The zero-order valence-corrected chi connectivity index (χ0v) is 10.8. The Morgan fingerprint density at radius 3 is 2.39 bits per heavy atom. The SMILES string of the molecule is CC(C)=CCCC1=CC[C@@H](C(=O)[O-])[C@H](C(=O)[O-])C1. The molecule has 0 saturated carbocycles. The van der Waals surface area contributed by atoms with Gasteiger partial charge in [-0.15, -0.1) is 0 Å². The quantitative estimate of drug-likeness (QED) is 0.652. The lowest BCUT2D eigenvalue weighted by molar-refractivity contribution is -0.327. The first kappa shape index (κ1) is 14.5. The minimum Gasteiger partial charge on any atom is -0.550 e. The van der Waals surface area contributed by atoms with Crippen molar-refractivity contribution in [3.05, 3.63) is 23.3 Å². The van der Waals surface area contributed by atoms with Crippen LogP contribution in [0, 0.1) is 11.8 Å². The molecule has 0 radical (unpaired) electrons. The van der Waals surface area contributed by atoms with Crippen LogP contribution in [0.4, 0.5) is 0 Å². The highest BCUT2D eigenvalue weighted by Crippen LogP contribution is 2.31. The summed E-state index contributed by atoms with van der Waals surface area (Å²) in [5.74, 6) is -4.51. The molecule has 0 fully saturated rings. The van der Waals surface area contributed by atoms with E-state index >= 15 is 0 Å². The molecular weight excluding hydrogens is 232 g/mol. The van der Waals surface area contributed by atoms with Crippen molar-refractivity contribution in [3.8, 4) is 0 Å². The lowest BCUT2D eigenvalue weighted by atomic mass is 9.78. The van der Waals surface area contributed by atoms with E-state index in [2.05, 4.69) is 6.08 Å². The molecule has 1 rings (SSSR count). The summed E-state index contributed by atoms with van der Waals surface area (Å²) >= 11 is 0. The van der Waals surface area contributed by atoms with Crippen molar-refractivity contribution >= 4 is 11.9 Å². The van der Waals surface area contributed by atoms with Gasteiger partial charge in [-0.25, -0.2) is 0 Å². The van der Waals surface area contributed by atoms with Gasteiger partial charge >= 0.3 is 0 Å². The number of carbonyl (C=O) groups is 2. The van der Waals surface area contributed by atoms with Gasteiger partial charge in [-0.05, 0) is 39.5 Å². The molecule has 0 bridgehead atoms. The third-order valence-electron chi connectivity index (χ3n) is 3.25. The molecule has 100 valence electrons. The highest BCUT2D eigenvalue weighted by Gasteiger charge is 2.27. The number of allylic oxidation sites excluding steroid dienone is 4. The molecule has 0 saturated heterocycles. The molecule has 0 aromatic carbocycles. The zero-order valence-electron chi connectivity index (χ0n) is 10.8. The maximum absolute atomic E-state index is 11.0. The second-order valence-electron chi connectivity index (χ2n) is 4.97. The van der Waals surface area contributed by atoms with Crippen LogP contribution in [0.3, 0.4) is 0 Å². The summed E-state index contributed by atoms with van der Waals surface area (Å²) in [4.78, 5) is 21.8. The van der Waals surface area contributed by atoms with Crippen LogP contribution < -0.4 is 10.2 Å². The van der Waals surface area contributed by atoms with Crippen LogP contribution in [0.1, 0.15) is 39.5 Å². The minimum atomic E-state index is -1.30. The molecule has 0 aromatic heterocycles. The van der Waals surface area contributed by atoms with E-state index in [1.54, 1.807) is 0 Å². The smallest absolute Gasteiger partial charge is 0.0455 e. The van der Waals surface area contributed by atoms with E-state index in [1.165, 1.54) is 5.57 Å². The molecule has 1 aliphatic rings. The van der Waals surface area contributed by atoms with Crippen molar-refractivity contribution in [2.75, 3.05) is 0 Å². The molecule has 2 atom stereocenters. The van der Waals surface area contributed by atoms with Gasteiger partial charge in [0.15, 0.2) is 0 Å². The molecule has 1 aliphatic carbocycles. The van der Waals surface area contributed by atoms with Crippen molar-refractivity contribution in [2.24, 2.45) is 11.8 Å². The third-order valence-corrected chi connectivity index (χ3v) is 3.25. The molecule has 0 amide bonds. The van der Waals surface area contributed by atoms with Crippen LogP contribution in [-0.4, -0.2) is 11.9 Å². The van der Waals surface area contributed by atoms with Crippen molar-refractivity contribution in [2.45, 2.75) is 39.5 Å². The first-order valence-electron chi connectivity index (χ1n) is 6.14. The van der Waals surface area contributed by atoms with Crippen molar-refractivity contribution in [1.82, 2.24) is 0 Å². The highest BCUT2D eigenvalue weighted by atomic mass is 16.4. The lowest BCUT2D eigenvalue weighted by Crippen LogP contribution is -2.45. The molecular formula is C14H18O4-2. The predicted molar refractivity (Wildman–Crippen MR) is 63.0 cm³/mol. The van der Waals surface area contributed by atoms with Gasteiger partial charge in [-0.1, -0.05) is 23.3 Å². The van der Waals surface area contributed by atoms with Crippen LogP contribution in [0.15, 0.2) is 23.3 Å². The van der Waals surface area contributed by atoms with E-state index in [9.17, 15) is 19.8 Å². The zero-order chi connectivity index (χ0) is 13.7. The van der Waals surface area contributed by atoms with Crippen molar-refractivity contribution in [1.29, 1.82) is 0 Å². The molecule has 4 nitrogen and oxygen atoms in total. The summed E-state index contributed by atoms with van der Waals surface area (Å²) in [6.07, 6.45) is 6.03. The Labute approximate surface area is 107 Å². The first-order valence-corrected chi connectivity index (χ1v) is 6.14. The summed E-state index contributed by atoms with van der Waals surface area (Å²) in [6, 6.07) is 0. The Kier molecular flexibility index (Phi) is 5.13. The van der Waals surface area contributed by atoms with E-state index in [-0.39, 0.29) is 12.8 Å². The normalized spacial score (nSPS) is 23.1. The number of carboxylic acid groups (broad SMARTS) is 2. The third kappa shape index (κ3) is 4.02. The van der Waals surface area contributed by atoms with Gasteiger partial charge in [0.05, 0.1) is 0 Å². The van der Waals surface area contributed by atoms with Gasteiger partial charge in [0, 0.05) is 23.8 Å². The number of carboxylic acids is 2. The molecule has 0 N–H and O–H groups in total. The highest BCUT2D eigenvalue weighted by molar-refractivity contribution is 5.78. The Morgan fingerprint density at radius 1 is 1.28 bits per heavy atom. The van der Waals surface area contributed by atoms with E-state index in [0.29, 0.717) is 0 Å². The molecule has 0 aliphatic heterocycles. The maximum Gasteiger partial charge on any atom is 0.0455 e. The van der Waals surface area contributed by atoms with Crippen LogP contribution in [-0.2, 0) is 9.59 Å². The summed E-state index contributed by atoms with van der Waals surface area (Å²) in [5, 5.41) is 21.8. The fourth-order valence-corrected chi connectivity index (χ4v) is 2.22. The first-order chi connectivity index (χ1) is 8.41. The average molecular weight is 250 g/mol. The molecule has 18 heavy (non-hydrogen) atoms. The Morgan fingerprint density at radius 2 is 1.89 bits per heavy atom.